The maximum absolute atomic E-state index is 12.4. The number of anilines is 2. The van der Waals surface area contributed by atoms with Crippen LogP contribution in [0.1, 0.15) is 6.42 Å². The molecule has 2 aromatic rings. The molecule has 10 heteroatoms. The maximum Gasteiger partial charge on any atom is 0.311 e. The van der Waals surface area contributed by atoms with Gasteiger partial charge in [0, 0.05) is 19.0 Å². The molecule has 1 aliphatic heterocycles. The summed E-state index contributed by atoms with van der Waals surface area (Å²) < 4.78 is 15.4. The lowest BCUT2D eigenvalue weighted by atomic mass is 10.1. The number of hydrogen-bond donors (Lipinski definition) is 1. The van der Waals surface area contributed by atoms with Gasteiger partial charge in [0.05, 0.1) is 41.6 Å². The maximum atomic E-state index is 12.4. The van der Waals surface area contributed by atoms with Gasteiger partial charge >= 0.3 is 5.97 Å². The lowest BCUT2D eigenvalue weighted by Gasteiger charge is -2.18. The minimum absolute atomic E-state index is 0.0486. The van der Waals surface area contributed by atoms with Crippen molar-refractivity contribution >= 4 is 52.4 Å². The van der Waals surface area contributed by atoms with Crippen molar-refractivity contribution in [3.8, 4) is 11.5 Å². The molecular weight excluding hydrogens is 447 g/mol. The zero-order valence-corrected chi connectivity index (χ0v) is 18.3. The molecule has 2 amide bonds. The van der Waals surface area contributed by atoms with E-state index in [0.717, 1.165) is 0 Å². The topological polar surface area (TPSA) is 94.2 Å². The molecule has 0 aromatic heterocycles. The first-order chi connectivity index (χ1) is 14.8. The molecule has 3 rings (SSSR count). The highest BCUT2D eigenvalue weighted by molar-refractivity contribution is 6.44. The first kappa shape index (κ1) is 22.7. The van der Waals surface area contributed by atoms with E-state index < -0.39 is 24.4 Å². The number of esters is 1. The largest absolute Gasteiger partial charge is 0.497 e. The van der Waals surface area contributed by atoms with Gasteiger partial charge in [-0.3, -0.25) is 14.4 Å². The van der Waals surface area contributed by atoms with Crippen LogP contribution in [0.2, 0.25) is 10.0 Å². The molecule has 164 valence electrons. The van der Waals surface area contributed by atoms with Crippen molar-refractivity contribution in [2.45, 2.75) is 6.42 Å². The van der Waals surface area contributed by atoms with Crippen LogP contribution in [0.4, 0.5) is 11.4 Å². The molecule has 1 fully saturated rings. The second-order valence-electron chi connectivity index (χ2n) is 6.70. The lowest BCUT2D eigenvalue weighted by molar-refractivity contribution is -0.151. The second-order valence-corrected chi connectivity index (χ2v) is 7.49. The summed E-state index contributed by atoms with van der Waals surface area (Å²) in [5.41, 5.74) is 0.804. The fraction of sp³-hybridized carbons (Fsp3) is 0.286. The predicted molar refractivity (Wildman–Crippen MR) is 116 cm³/mol. The molecule has 0 radical (unpaired) electrons. The Hall–Kier alpha value is -2.97. The molecule has 1 N–H and O–H groups in total. The van der Waals surface area contributed by atoms with Crippen LogP contribution in [-0.2, 0) is 19.1 Å². The monoisotopic (exact) mass is 466 g/mol. The van der Waals surface area contributed by atoms with Gasteiger partial charge in [0.15, 0.2) is 6.61 Å². The Balaban J connectivity index is 1.58. The van der Waals surface area contributed by atoms with Gasteiger partial charge in [-0.05, 0) is 24.3 Å². The summed E-state index contributed by atoms with van der Waals surface area (Å²) in [5, 5.41) is 3.15. The summed E-state index contributed by atoms with van der Waals surface area (Å²) >= 11 is 12.2. The number of amides is 2. The van der Waals surface area contributed by atoms with Crippen LogP contribution in [0.3, 0.4) is 0 Å². The Morgan fingerprint density at radius 3 is 2.65 bits per heavy atom. The summed E-state index contributed by atoms with van der Waals surface area (Å²) in [6, 6.07) is 9.83. The second kappa shape index (κ2) is 9.89. The third kappa shape index (κ3) is 5.21. The molecule has 1 heterocycles. The summed E-state index contributed by atoms with van der Waals surface area (Å²) in [7, 11) is 2.96. The smallest absolute Gasteiger partial charge is 0.311 e. The SMILES string of the molecule is COc1ccc(OC)c(NC(=O)COC(=O)[C@H]2CC(=O)N(c3cccc(Cl)c3Cl)C2)c1. The Morgan fingerprint density at radius 2 is 1.94 bits per heavy atom. The molecule has 8 nitrogen and oxygen atoms in total. The lowest BCUT2D eigenvalue weighted by Crippen LogP contribution is -2.28. The minimum Gasteiger partial charge on any atom is -0.497 e. The quantitative estimate of drug-likeness (QED) is 0.627. The van der Waals surface area contributed by atoms with Crippen molar-refractivity contribution in [1.82, 2.24) is 0 Å². The third-order valence-electron chi connectivity index (χ3n) is 4.71. The predicted octanol–water partition coefficient (Wildman–Crippen LogP) is 3.55. The number of rotatable bonds is 7. The molecule has 1 saturated heterocycles. The Labute approximate surface area is 189 Å². The summed E-state index contributed by atoms with van der Waals surface area (Å²) in [6.07, 6.45) is -0.0486. The number of hydrogen-bond acceptors (Lipinski definition) is 6. The van der Waals surface area contributed by atoms with Crippen molar-refractivity contribution in [1.29, 1.82) is 0 Å². The molecule has 0 aliphatic carbocycles. The van der Waals surface area contributed by atoms with Gasteiger partial charge in [0.2, 0.25) is 5.91 Å². The van der Waals surface area contributed by atoms with Crippen LogP contribution in [-0.4, -0.2) is 45.2 Å². The zero-order chi connectivity index (χ0) is 22.5. The van der Waals surface area contributed by atoms with E-state index in [1.54, 1.807) is 36.4 Å². The summed E-state index contributed by atoms with van der Waals surface area (Å²) in [6.45, 7) is -0.426. The minimum atomic E-state index is -0.721. The molecule has 0 spiro atoms. The van der Waals surface area contributed by atoms with Gasteiger partial charge in [0.1, 0.15) is 11.5 Å². The molecule has 0 saturated carbocycles. The zero-order valence-electron chi connectivity index (χ0n) is 16.8. The summed E-state index contributed by atoms with van der Waals surface area (Å²) in [4.78, 5) is 38.4. The Kier molecular flexibility index (Phi) is 7.25. The number of benzene rings is 2. The van der Waals surface area contributed by atoms with Crippen molar-refractivity contribution in [3.05, 3.63) is 46.4 Å². The van der Waals surface area contributed by atoms with Crippen LogP contribution in [0.25, 0.3) is 0 Å². The van der Waals surface area contributed by atoms with E-state index in [1.807, 2.05) is 0 Å². The van der Waals surface area contributed by atoms with E-state index >= 15 is 0 Å². The van der Waals surface area contributed by atoms with Crippen LogP contribution in [0, 0.1) is 5.92 Å². The first-order valence-electron chi connectivity index (χ1n) is 9.27. The molecule has 1 atom stereocenters. The van der Waals surface area contributed by atoms with Crippen LogP contribution >= 0.6 is 23.2 Å². The van der Waals surface area contributed by atoms with Gasteiger partial charge in [0.25, 0.3) is 5.91 Å². The van der Waals surface area contributed by atoms with Crippen molar-refractivity contribution < 1.29 is 28.6 Å². The van der Waals surface area contributed by atoms with Crippen molar-refractivity contribution in [2.24, 2.45) is 5.92 Å². The number of carbonyl (C=O) groups is 3. The van der Waals surface area contributed by atoms with Crippen LogP contribution < -0.4 is 19.7 Å². The highest BCUT2D eigenvalue weighted by Crippen LogP contribution is 2.36. The number of halogens is 2. The Morgan fingerprint density at radius 1 is 1.16 bits per heavy atom. The molecule has 0 unspecified atom stereocenters. The van der Waals surface area contributed by atoms with Crippen molar-refractivity contribution in [3.63, 3.8) is 0 Å². The van der Waals surface area contributed by atoms with E-state index in [0.29, 0.717) is 27.9 Å². The van der Waals surface area contributed by atoms with Gasteiger partial charge in [-0.15, -0.1) is 0 Å². The fourth-order valence-corrected chi connectivity index (χ4v) is 3.55. The van der Waals surface area contributed by atoms with Crippen LogP contribution in [0.5, 0.6) is 11.5 Å². The van der Waals surface area contributed by atoms with E-state index in [9.17, 15) is 14.4 Å². The molecule has 1 aliphatic rings. The number of nitrogens with one attached hydrogen (secondary N) is 1. The number of methoxy groups -OCH3 is 2. The number of ether oxygens (including phenoxy) is 3. The first-order valence-corrected chi connectivity index (χ1v) is 10.0. The molecular formula is C21H20Cl2N2O6. The Bertz CT molecular complexity index is 1010. The van der Waals surface area contributed by atoms with E-state index in [-0.39, 0.29) is 23.9 Å². The van der Waals surface area contributed by atoms with Crippen molar-refractivity contribution in [2.75, 3.05) is 37.6 Å². The third-order valence-corrected chi connectivity index (χ3v) is 5.52. The normalized spacial score (nSPS) is 15.5. The van der Waals surface area contributed by atoms with Gasteiger partial charge in [-0.25, -0.2) is 0 Å². The summed E-state index contributed by atoms with van der Waals surface area (Å²) in [5.74, 6) is -1.26. The standard InChI is InChI=1S/C21H20Cl2N2O6/c1-29-13-6-7-17(30-2)15(9-13)24-18(26)11-31-21(28)12-8-19(27)25(10-12)16-5-3-4-14(22)20(16)23/h3-7,9,12H,8,10-11H2,1-2H3,(H,24,26)/t12-/m0/s1. The highest BCUT2D eigenvalue weighted by atomic mass is 35.5. The molecule has 0 bridgehead atoms. The van der Waals surface area contributed by atoms with Gasteiger partial charge < -0.3 is 24.4 Å². The van der Waals surface area contributed by atoms with E-state index in [1.165, 1.54) is 19.1 Å². The van der Waals surface area contributed by atoms with Crippen LogP contribution in [0.15, 0.2) is 36.4 Å². The average molecular weight is 467 g/mol. The van der Waals surface area contributed by atoms with Gasteiger partial charge in [-0.2, -0.15) is 0 Å². The highest BCUT2D eigenvalue weighted by Gasteiger charge is 2.37. The fourth-order valence-electron chi connectivity index (χ4n) is 3.15. The molecule has 2 aromatic carbocycles. The molecule has 31 heavy (non-hydrogen) atoms. The van der Waals surface area contributed by atoms with Gasteiger partial charge in [-0.1, -0.05) is 29.3 Å². The number of nitrogens with zero attached hydrogens (tertiary/aromatic N) is 1. The average Bonchev–Trinajstić information content (AvgIpc) is 3.15. The number of carbonyl (C=O) groups excluding carboxylic acids is 3. The van der Waals surface area contributed by atoms with E-state index in [4.69, 9.17) is 37.4 Å². The van der Waals surface area contributed by atoms with E-state index in [2.05, 4.69) is 5.32 Å².